The van der Waals surface area contributed by atoms with Crippen LogP contribution in [0.3, 0.4) is 0 Å². The molecule has 1 atom stereocenters. The summed E-state index contributed by atoms with van der Waals surface area (Å²) >= 11 is 0. The van der Waals surface area contributed by atoms with Crippen molar-refractivity contribution < 1.29 is 38.3 Å². The van der Waals surface area contributed by atoms with Crippen LogP contribution in [0.1, 0.15) is 6.42 Å². The largest absolute Gasteiger partial charge is 1.00 e. The van der Waals surface area contributed by atoms with E-state index < -0.39 is 17.9 Å². The van der Waals surface area contributed by atoms with Gasteiger partial charge in [0.15, 0.2) is 0 Å². The van der Waals surface area contributed by atoms with Crippen molar-refractivity contribution in [3.05, 3.63) is 0 Å². The molecule has 1 aliphatic heterocycles. The summed E-state index contributed by atoms with van der Waals surface area (Å²) in [6.07, 6.45) is -0.0394. The molecule has 0 radical (unpaired) electrons. The maximum Gasteiger partial charge on any atom is 1.00 e. The van der Waals surface area contributed by atoms with Gasteiger partial charge in [-0.3, -0.25) is 4.79 Å². The van der Waals surface area contributed by atoms with Crippen molar-refractivity contribution in [2.24, 2.45) is 5.92 Å². The zero-order chi connectivity index (χ0) is 6.85. The van der Waals surface area contributed by atoms with E-state index in [1.807, 2.05) is 0 Å². The van der Waals surface area contributed by atoms with Gasteiger partial charge in [-0.05, 0) is 0 Å². The summed E-state index contributed by atoms with van der Waals surface area (Å²) in [7, 11) is 0. The van der Waals surface area contributed by atoms with E-state index >= 15 is 0 Å². The quantitative estimate of drug-likeness (QED) is 0.268. The van der Waals surface area contributed by atoms with Crippen molar-refractivity contribution in [1.82, 2.24) is 0 Å². The summed E-state index contributed by atoms with van der Waals surface area (Å²) in [5, 5.41) is 10.0. The number of carboxylic acid groups (broad SMARTS) is 1. The molecule has 0 bridgehead atoms. The van der Waals surface area contributed by atoms with Crippen LogP contribution in [0, 0.1) is 5.92 Å². The minimum absolute atomic E-state index is 0. The van der Waals surface area contributed by atoms with Gasteiger partial charge in [0, 0.05) is 11.9 Å². The number of esters is 1. The van der Waals surface area contributed by atoms with Crippen LogP contribution in [0.15, 0.2) is 0 Å². The Hall–Kier alpha value is -0.463. The predicted molar refractivity (Wildman–Crippen MR) is 24.1 cm³/mol. The van der Waals surface area contributed by atoms with E-state index in [-0.39, 0.29) is 31.9 Å². The van der Waals surface area contributed by atoms with Crippen molar-refractivity contribution >= 4 is 11.9 Å². The zero-order valence-electron chi connectivity index (χ0n) is 5.62. The second-order valence-electron chi connectivity index (χ2n) is 1.90. The van der Waals surface area contributed by atoms with Crippen molar-refractivity contribution in [3.8, 4) is 0 Å². The van der Waals surface area contributed by atoms with Crippen LogP contribution >= 0.6 is 0 Å². The van der Waals surface area contributed by atoms with Gasteiger partial charge in [-0.2, -0.15) is 0 Å². The molecule has 10 heavy (non-hydrogen) atoms. The van der Waals surface area contributed by atoms with Crippen LogP contribution in [0.4, 0.5) is 0 Å². The summed E-state index contributed by atoms with van der Waals surface area (Å²) in [6.45, 7) is -0.0266. The van der Waals surface area contributed by atoms with Crippen molar-refractivity contribution in [1.29, 1.82) is 0 Å². The standard InChI is InChI=1S/C5H6O4.Li/c6-4-1-3(2-9-4)5(7)8;/h3H,1-2H2,(H,7,8);/q;+1/p-1. The van der Waals surface area contributed by atoms with Gasteiger partial charge in [0.1, 0.15) is 0 Å². The van der Waals surface area contributed by atoms with Gasteiger partial charge < -0.3 is 14.6 Å². The Morgan fingerprint density at radius 1 is 1.70 bits per heavy atom. The van der Waals surface area contributed by atoms with E-state index in [1.54, 1.807) is 0 Å². The Bertz CT molecular complexity index is 156. The molecule has 0 spiro atoms. The van der Waals surface area contributed by atoms with Gasteiger partial charge in [-0.15, -0.1) is 0 Å². The summed E-state index contributed by atoms with van der Waals surface area (Å²) in [6, 6.07) is 0. The van der Waals surface area contributed by atoms with E-state index in [9.17, 15) is 14.7 Å². The van der Waals surface area contributed by atoms with Crippen molar-refractivity contribution in [3.63, 3.8) is 0 Å². The Labute approximate surface area is 69.7 Å². The molecule has 1 saturated heterocycles. The SMILES string of the molecule is O=C1CC(C(=O)[O-])CO1.[Li+]. The maximum atomic E-state index is 10.2. The Kier molecular flexibility index (Phi) is 3.48. The molecule has 1 rings (SSSR count). The molecule has 1 aliphatic rings. The first-order valence-electron chi connectivity index (χ1n) is 2.56. The van der Waals surface area contributed by atoms with Gasteiger partial charge in [0.2, 0.25) is 0 Å². The molecular weight excluding hydrogens is 131 g/mol. The monoisotopic (exact) mass is 136 g/mol. The number of rotatable bonds is 1. The Morgan fingerprint density at radius 3 is 2.50 bits per heavy atom. The Morgan fingerprint density at radius 2 is 2.30 bits per heavy atom. The molecule has 0 aromatic rings. The molecule has 0 N–H and O–H groups in total. The first-order valence-corrected chi connectivity index (χ1v) is 2.56. The molecule has 0 amide bonds. The molecule has 1 unspecified atom stereocenters. The maximum absolute atomic E-state index is 10.2. The fourth-order valence-electron chi connectivity index (χ4n) is 0.664. The first kappa shape index (κ1) is 9.54. The van der Waals surface area contributed by atoms with E-state index in [0.717, 1.165) is 0 Å². The minimum Gasteiger partial charge on any atom is -0.550 e. The van der Waals surface area contributed by atoms with E-state index in [1.165, 1.54) is 0 Å². The molecule has 50 valence electrons. The number of carbonyl (C=O) groups is 2. The minimum atomic E-state index is -1.21. The molecule has 4 nitrogen and oxygen atoms in total. The predicted octanol–water partition coefficient (Wildman–Crippen LogP) is -4.70. The van der Waals surface area contributed by atoms with Gasteiger partial charge in [-0.25, -0.2) is 0 Å². The van der Waals surface area contributed by atoms with Crippen LogP contribution in [0.2, 0.25) is 0 Å². The average molecular weight is 136 g/mol. The zero-order valence-corrected chi connectivity index (χ0v) is 5.62. The molecule has 1 fully saturated rings. The molecule has 0 aliphatic carbocycles. The van der Waals surface area contributed by atoms with Gasteiger partial charge >= 0.3 is 24.8 Å². The van der Waals surface area contributed by atoms with Crippen LogP contribution in [-0.4, -0.2) is 18.5 Å². The van der Waals surface area contributed by atoms with E-state index in [2.05, 4.69) is 4.74 Å². The third kappa shape index (κ3) is 2.05. The second kappa shape index (κ2) is 3.64. The molecule has 5 heteroatoms. The summed E-state index contributed by atoms with van der Waals surface area (Å²) in [4.78, 5) is 20.2. The van der Waals surface area contributed by atoms with Crippen LogP contribution < -0.4 is 24.0 Å². The van der Waals surface area contributed by atoms with E-state index in [4.69, 9.17) is 0 Å². The molecule has 0 saturated carbocycles. The number of aliphatic carboxylic acids is 1. The normalized spacial score (nSPS) is 23.2. The molecule has 0 aromatic carbocycles. The first-order chi connectivity index (χ1) is 4.20. The summed E-state index contributed by atoms with van der Waals surface area (Å²) in [5.41, 5.74) is 0. The number of cyclic esters (lactones) is 1. The number of carboxylic acids is 1. The van der Waals surface area contributed by atoms with Crippen LogP contribution in [-0.2, 0) is 14.3 Å². The average Bonchev–Trinajstić information content (AvgIpc) is 2.14. The van der Waals surface area contributed by atoms with Crippen LogP contribution in [0.25, 0.3) is 0 Å². The number of hydrogen-bond acceptors (Lipinski definition) is 4. The topological polar surface area (TPSA) is 66.4 Å². The molecule has 0 aromatic heterocycles. The summed E-state index contributed by atoms with van der Waals surface area (Å²) < 4.78 is 4.37. The Balaban J connectivity index is 0.000000810. The summed E-state index contributed by atoms with van der Waals surface area (Å²) in [5.74, 6) is -2.39. The van der Waals surface area contributed by atoms with Crippen molar-refractivity contribution in [2.75, 3.05) is 6.61 Å². The third-order valence-corrected chi connectivity index (χ3v) is 1.19. The number of ether oxygens (including phenoxy) is 1. The van der Waals surface area contributed by atoms with Gasteiger partial charge in [0.05, 0.1) is 13.0 Å². The third-order valence-electron chi connectivity index (χ3n) is 1.19. The van der Waals surface area contributed by atoms with Gasteiger partial charge in [0.25, 0.3) is 0 Å². The fraction of sp³-hybridized carbons (Fsp3) is 0.600. The molecular formula is C5H5LiO4. The van der Waals surface area contributed by atoms with Gasteiger partial charge in [-0.1, -0.05) is 0 Å². The second-order valence-corrected chi connectivity index (χ2v) is 1.90. The van der Waals surface area contributed by atoms with Crippen molar-refractivity contribution in [2.45, 2.75) is 6.42 Å². The smallest absolute Gasteiger partial charge is 0.550 e. The number of carbonyl (C=O) groups excluding carboxylic acids is 2. The van der Waals surface area contributed by atoms with E-state index in [0.29, 0.717) is 0 Å². The molecule has 1 heterocycles. The fourth-order valence-corrected chi connectivity index (χ4v) is 0.664. The van der Waals surface area contributed by atoms with Crippen LogP contribution in [0.5, 0.6) is 0 Å². The number of hydrogen-bond donors (Lipinski definition) is 0.